The zero-order valence-corrected chi connectivity index (χ0v) is 17.2. The van der Waals surface area contributed by atoms with Crippen molar-refractivity contribution in [1.29, 1.82) is 0 Å². The zero-order valence-electron chi connectivity index (χ0n) is 17.2. The van der Waals surface area contributed by atoms with Gasteiger partial charge in [0.15, 0.2) is 0 Å². The predicted octanol–water partition coefficient (Wildman–Crippen LogP) is 5.01. The van der Waals surface area contributed by atoms with Gasteiger partial charge in [-0.25, -0.2) is 0 Å². The third kappa shape index (κ3) is 3.16. The lowest BCUT2D eigenvalue weighted by Gasteiger charge is -2.15. The lowest BCUT2D eigenvalue weighted by atomic mass is 10.1. The molecule has 4 heteroatoms. The summed E-state index contributed by atoms with van der Waals surface area (Å²) in [4.78, 5) is 15.7. The smallest absolute Gasteiger partial charge is 0.258 e. The first-order valence-corrected chi connectivity index (χ1v) is 11.0. The van der Waals surface area contributed by atoms with Crippen LogP contribution in [-0.4, -0.2) is 33.7 Å². The van der Waals surface area contributed by atoms with Crippen LogP contribution in [0, 0.1) is 0 Å². The second-order valence-electron chi connectivity index (χ2n) is 8.31. The fourth-order valence-electron chi connectivity index (χ4n) is 4.90. The highest BCUT2D eigenvalue weighted by Gasteiger charge is 2.16. The number of benzene rings is 2. The molecule has 3 heterocycles. The summed E-state index contributed by atoms with van der Waals surface area (Å²) in [6.45, 7) is 7.31. The summed E-state index contributed by atoms with van der Waals surface area (Å²) >= 11 is 0. The van der Waals surface area contributed by atoms with Crippen LogP contribution in [0.5, 0.6) is 0 Å². The van der Waals surface area contributed by atoms with E-state index in [0.29, 0.717) is 0 Å². The Morgan fingerprint density at radius 2 is 1.66 bits per heavy atom. The van der Waals surface area contributed by atoms with Gasteiger partial charge in [0.05, 0.1) is 0 Å². The van der Waals surface area contributed by atoms with Gasteiger partial charge in [-0.15, -0.1) is 0 Å². The van der Waals surface area contributed by atoms with E-state index in [-0.39, 0.29) is 5.56 Å². The number of fused-ring (bicyclic) bond motifs is 5. The molecular weight excluding hydrogens is 358 g/mol. The largest absolute Gasteiger partial charge is 0.340 e. The fraction of sp³-hybridized carbons (Fsp3) is 0.400. The molecule has 1 aliphatic rings. The molecular formula is C25H29N3O. The molecule has 2 aromatic carbocycles. The van der Waals surface area contributed by atoms with E-state index in [0.717, 1.165) is 36.8 Å². The maximum absolute atomic E-state index is 13.2. The third-order valence-electron chi connectivity index (χ3n) is 6.48. The van der Waals surface area contributed by atoms with Gasteiger partial charge < -0.3 is 14.0 Å². The zero-order chi connectivity index (χ0) is 19.8. The van der Waals surface area contributed by atoms with E-state index in [1.165, 1.54) is 54.2 Å². The number of aryl methyl sites for hydroxylation is 1. The summed E-state index contributed by atoms with van der Waals surface area (Å²) in [5, 5.41) is 4.38. The number of para-hydroxylation sites is 1. The molecule has 0 atom stereocenters. The SMILES string of the molecule is CCCCn1c2ccccc2c2c3ccn(CCN4CCCC4)c(=O)c3ccc21. The van der Waals surface area contributed by atoms with Gasteiger partial charge in [-0.1, -0.05) is 31.5 Å². The van der Waals surface area contributed by atoms with E-state index < -0.39 is 0 Å². The minimum Gasteiger partial charge on any atom is -0.340 e. The minimum absolute atomic E-state index is 0.133. The summed E-state index contributed by atoms with van der Waals surface area (Å²) in [6.07, 6.45) is 6.89. The van der Waals surface area contributed by atoms with Crippen LogP contribution in [0.15, 0.2) is 53.5 Å². The first-order valence-electron chi connectivity index (χ1n) is 11.0. The van der Waals surface area contributed by atoms with Crippen molar-refractivity contribution in [2.24, 2.45) is 0 Å². The summed E-state index contributed by atoms with van der Waals surface area (Å²) < 4.78 is 4.31. The van der Waals surface area contributed by atoms with Crippen LogP contribution in [0.2, 0.25) is 0 Å². The molecule has 0 aliphatic carbocycles. The van der Waals surface area contributed by atoms with Crippen LogP contribution in [0.3, 0.4) is 0 Å². The number of likely N-dealkylation sites (tertiary alicyclic amines) is 1. The number of nitrogens with zero attached hydrogens (tertiary/aromatic N) is 3. The Labute approximate surface area is 171 Å². The summed E-state index contributed by atoms with van der Waals surface area (Å²) in [5.41, 5.74) is 2.64. The molecule has 0 radical (unpaired) electrons. The Hall–Kier alpha value is -2.59. The van der Waals surface area contributed by atoms with Gasteiger partial charge in [0.2, 0.25) is 0 Å². The number of unbranched alkanes of at least 4 members (excludes halogenated alkanes) is 1. The first kappa shape index (κ1) is 18.4. The van der Waals surface area contributed by atoms with E-state index >= 15 is 0 Å². The highest BCUT2D eigenvalue weighted by atomic mass is 16.1. The molecule has 4 nitrogen and oxygen atoms in total. The molecule has 2 aromatic heterocycles. The quantitative estimate of drug-likeness (QED) is 0.466. The van der Waals surface area contributed by atoms with Gasteiger partial charge in [0.1, 0.15) is 0 Å². The van der Waals surface area contributed by atoms with E-state index in [2.05, 4.69) is 52.8 Å². The molecule has 0 saturated carbocycles. The van der Waals surface area contributed by atoms with Crippen molar-refractivity contribution >= 4 is 32.6 Å². The van der Waals surface area contributed by atoms with Crippen LogP contribution >= 0.6 is 0 Å². The van der Waals surface area contributed by atoms with E-state index in [4.69, 9.17) is 0 Å². The summed E-state index contributed by atoms with van der Waals surface area (Å²) in [6, 6.07) is 14.9. The van der Waals surface area contributed by atoms with Gasteiger partial charge in [-0.3, -0.25) is 4.79 Å². The predicted molar refractivity (Wildman–Crippen MR) is 122 cm³/mol. The molecule has 0 amide bonds. The minimum atomic E-state index is 0.133. The average Bonchev–Trinajstić information content (AvgIpc) is 3.38. The van der Waals surface area contributed by atoms with Gasteiger partial charge in [0, 0.05) is 53.0 Å². The maximum Gasteiger partial charge on any atom is 0.258 e. The monoisotopic (exact) mass is 387 g/mol. The Balaban J connectivity index is 1.64. The molecule has 150 valence electrons. The second-order valence-corrected chi connectivity index (χ2v) is 8.31. The van der Waals surface area contributed by atoms with Crippen LogP contribution in [0.4, 0.5) is 0 Å². The normalized spacial score (nSPS) is 15.2. The first-order chi connectivity index (χ1) is 14.3. The molecule has 1 saturated heterocycles. The van der Waals surface area contributed by atoms with E-state index in [1.54, 1.807) is 0 Å². The van der Waals surface area contributed by atoms with E-state index in [1.807, 2.05) is 16.8 Å². The van der Waals surface area contributed by atoms with Gasteiger partial charge >= 0.3 is 0 Å². The van der Waals surface area contributed by atoms with Crippen molar-refractivity contribution in [3.63, 3.8) is 0 Å². The van der Waals surface area contributed by atoms with Crippen LogP contribution in [-0.2, 0) is 13.1 Å². The van der Waals surface area contributed by atoms with Gasteiger partial charge in [-0.05, 0) is 62.0 Å². The van der Waals surface area contributed by atoms with Crippen LogP contribution < -0.4 is 5.56 Å². The average molecular weight is 388 g/mol. The maximum atomic E-state index is 13.2. The van der Waals surface area contributed by atoms with Crippen molar-refractivity contribution in [3.05, 3.63) is 59.0 Å². The standard InChI is InChI=1S/C25H29N3O/c1-2-3-15-28-22-9-5-4-8-21(22)24-19-12-16-27(18-17-26-13-6-7-14-26)25(29)20(19)10-11-23(24)28/h4-5,8-12,16H,2-3,6-7,13-15,17-18H2,1H3. The van der Waals surface area contributed by atoms with Crippen LogP contribution in [0.1, 0.15) is 32.6 Å². The van der Waals surface area contributed by atoms with Gasteiger partial charge in [0.25, 0.3) is 5.56 Å². The lowest BCUT2D eigenvalue weighted by molar-refractivity contribution is 0.321. The molecule has 29 heavy (non-hydrogen) atoms. The topological polar surface area (TPSA) is 30.2 Å². The van der Waals surface area contributed by atoms with Crippen molar-refractivity contribution in [3.8, 4) is 0 Å². The highest BCUT2D eigenvalue weighted by Crippen LogP contribution is 2.34. The second kappa shape index (κ2) is 7.68. The fourth-order valence-corrected chi connectivity index (χ4v) is 4.90. The molecule has 1 aliphatic heterocycles. The van der Waals surface area contributed by atoms with Crippen molar-refractivity contribution < 1.29 is 0 Å². The molecule has 0 N–H and O–H groups in total. The summed E-state index contributed by atoms with van der Waals surface area (Å²) in [7, 11) is 0. The Kier molecular flexibility index (Phi) is 4.88. The number of hydrogen-bond donors (Lipinski definition) is 0. The number of hydrogen-bond acceptors (Lipinski definition) is 2. The molecule has 0 unspecified atom stereocenters. The molecule has 0 spiro atoms. The molecule has 1 fully saturated rings. The summed E-state index contributed by atoms with van der Waals surface area (Å²) in [5.74, 6) is 0. The Morgan fingerprint density at radius 1 is 0.828 bits per heavy atom. The molecule has 5 rings (SSSR count). The highest BCUT2D eigenvalue weighted by molar-refractivity contribution is 6.20. The molecule has 4 aromatic rings. The Morgan fingerprint density at radius 3 is 2.48 bits per heavy atom. The number of aromatic nitrogens is 2. The number of pyridine rings is 1. The third-order valence-corrected chi connectivity index (χ3v) is 6.48. The van der Waals surface area contributed by atoms with Gasteiger partial charge in [-0.2, -0.15) is 0 Å². The van der Waals surface area contributed by atoms with Crippen molar-refractivity contribution in [1.82, 2.24) is 14.0 Å². The number of rotatable bonds is 6. The van der Waals surface area contributed by atoms with Crippen LogP contribution in [0.25, 0.3) is 32.6 Å². The lowest BCUT2D eigenvalue weighted by Crippen LogP contribution is -2.28. The van der Waals surface area contributed by atoms with Crippen molar-refractivity contribution in [2.45, 2.75) is 45.7 Å². The molecule has 0 bridgehead atoms. The Bertz CT molecular complexity index is 1230. The van der Waals surface area contributed by atoms with Crippen molar-refractivity contribution in [2.75, 3.05) is 19.6 Å². The van der Waals surface area contributed by atoms with E-state index in [9.17, 15) is 4.79 Å².